The van der Waals surface area contributed by atoms with Crippen LogP contribution in [0.2, 0.25) is 0 Å². The van der Waals surface area contributed by atoms with Gasteiger partial charge in [-0.25, -0.2) is 0 Å². The lowest BCUT2D eigenvalue weighted by molar-refractivity contribution is -0.124. The minimum absolute atomic E-state index is 0.0305. The third-order valence-corrected chi connectivity index (χ3v) is 6.41. The molecule has 0 N–H and O–H groups in total. The predicted molar refractivity (Wildman–Crippen MR) is 83.1 cm³/mol. The molecule has 3 heteroatoms. The molecule has 5 aliphatic rings. The van der Waals surface area contributed by atoms with Crippen molar-refractivity contribution in [2.75, 3.05) is 4.90 Å². The van der Waals surface area contributed by atoms with Gasteiger partial charge in [-0.3, -0.25) is 14.5 Å². The standard InChI is InChI=1S/C19H19NO2/c1-9-3-4-11(7-10(9)2)20-18(21)16-12-5-6-13(15-8-14(12)15)17(16)19(20)22/h3-7,12-17H,8H2,1-2H3/t12-,13-,14-,15+,16+,17+/m1/s1. The first-order chi connectivity index (χ1) is 10.6. The molecular formula is C19H19NO2. The zero-order valence-corrected chi connectivity index (χ0v) is 12.8. The SMILES string of the molecule is Cc1ccc(N2C(=O)[C@H]3[C@@H]4C=C[C@H]([C@@H]5C[C@H]45)[C@@H]3C2=O)cc1C. The van der Waals surface area contributed by atoms with Crippen molar-refractivity contribution in [2.24, 2.45) is 35.5 Å². The molecule has 3 fully saturated rings. The molecule has 2 amide bonds. The summed E-state index contributed by atoms with van der Waals surface area (Å²) in [6, 6.07) is 5.88. The molecule has 0 radical (unpaired) electrons. The Hall–Kier alpha value is -1.90. The molecule has 1 aromatic rings. The Morgan fingerprint density at radius 1 is 0.909 bits per heavy atom. The lowest BCUT2D eigenvalue weighted by Gasteiger charge is -2.37. The maximum absolute atomic E-state index is 13.0. The van der Waals surface area contributed by atoms with E-state index in [0.717, 1.165) is 11.3 Å². The lowest BCUT2D eigenvalue weighted by Crippen LogP contribution is -2.40. The van der Waals surface area contributed by atoms with E-state index in [-0.39, 0.29) is 23.7 Å². The number of carbonyl (C=O) groups is 2. The number of amides is 2. The van der Waals surface area contributed by atoms with Crippen LogP contribution in [0.5, 0.6) is 0 Å². The quantitative estimate of drug-likeness (QED) is 0.590. The molecule has 6 rings (SSSR count). The second kappa shape index (κ2) is 3.89. The summed E-state index contributed by atoms with van der Waals surface area (Å²) in [5.41, 5.74) is 3.06. The summed E-state index contributed by atoms with van der Waals surface area (Å²) >= 11 is 0. The van der Waals surface area contributed by atoms with E-state index in [1.807, 2.05) is 32.0 Å². The number of hydrogen-bond donors (Lipinski definition) is 0. The number of imide groups is 1. The first-order valence-electron chi connectivity index (χ1n) is 8.21. The molecule has 0 aromatic heterocycles. The third-order valence-electron chi connectivity index (χ3n) is 6.41. The highest BCUT2D eigenvalue weighted by atomic mass is 16.2. The van der Waals surface area contributed by atoms with Crippen molar-refractivity contribution in [2.45, 2.75) is 20.3 Å². The van der Waals surface area contributed by atoms with Crippen LogP contribution in [0.15, 0.2) is 30.4 Å². The number of aryl methyl sites for hydroxylation is 2. The number of carbonyl (C=O) groups excluding carboxylic acids is 2. The first-order valence-corrected chi connectivity index (χ1v) is 8.21. The fourth-order valence-corrected chi connectivity index (χ4v) is 5.08. The Kier molecular flexibility index (Phi) is 2.23. The van der Waals surface area contributed by atoms with Crippen molar-refractivity contribution in [1.29, 1.82) is 0 Å². The molecule has 22 heavy (non-hydrogen) atoms. The molecule has 2 bridgehead atoms. The average Bonchev–Trinajstić information content (AvgIpc) is 3.28. The predicted octanol–water partition coefficient (Wildman–Crippen LogP) is 2.86. The van der Waals surface area contributed by atoms with Gasteiger partial charge in [0.25, 0.3) is 0 Å². The highest BCUT2D eigenvalue weighted by Gasteiger charge is 2.67. The summed E-state index contributed by atoms with van der Waals surface area (Å²) in [6.07, 6.45) is 5.64. The van der Waals surface area contributed by atoms with Crippen molar-refractivity contribution in [3.63, 3.8) is 0 Å². The number of hydrogen-bond acceptors (Lipinski definition) is 2. The second-order valence-corrected chi connectivity index (χ2v) is 7.44. The Morgan fingerprint density at radius 3 is 2.05 bits per heavy atom. The monoisotopic (exact) mass is 293 g/mol. The summed E-state index contributed by atoms with van der Waals surface area (Å²) in [5, 5.41) is 0. The van der Waals surface area contributed by atoms with Crippen molar-refractivity contribution in [3.8, 4) is 0 Å². The van der Waals surface area contributed by atoms with E-state index in [4.69, 9.17) is 0 Å². The van der Waals surface area contributed by atoms with Crippen LogP contribution in [-0.4, -0.2) is 11.8 Å². The van der Waals surface area contributed by atoms with Gasteiger partial charge >= 0.3 is 0 Å². The van der Waals surface area contributed by atoms with Gasteiger partial charge in [0.1, 0.15) is 0 Å². The molecule has 1 heterocycles. The van der Waals surface area contributed by atoms with Crippen LogP contribution in [0, 0.1) is 49.4 Å². The summed E-state index contributed by atoms with van der Waals surface area (Å²) in [4.78, 5) is 27.4. The molecule has 6 atom stereocenters. The third kappa shape index (κ3) is 1.37. The Bertz CT molecular complexity index is 714. The molecule has 4 aliphatic carbocycles. The molecule has 1 saturated heterocycles. The maximum Gasteiger partial charge on any atom is 0.238 e. The van der Waals surface area contributed by atoms with Crippen molar-refractivity contribution in [1.82, 2.24) is 0 Å². The largest absolute Gasteiger partial charge is 0.274 e. The van der Waals surface area contributed by atoms with Gasteiger partial charge in [-0.2, -0.15) is 0 Å². The fraction of sp³-hybridized carbons (Fsp3) is 0.474. The van der Waals surface area contributed by atoms with Gasteiger partial charge in [-0.05, 0) is 67.2 Å². The van der Waals surface area contributed by atoms with Gasteiger partial charge in [-0.15, -0.1) is 0 Å². The normalized spacial score (nSPS) is 40.9. The summed E-state index contributed by atoms with van der Waals surface area (Å²) < 4.78 is 0. The Balaban J connectivity index is 1.58. The van der Waals surface area contributed by atoms with Crippen molar-refractivity contribution in [3.05, 3.63) is 41.5 Å². The van der Waals surface area contributed by atoms with E-state index in [2.05, 4.69) is 12.2 Å². The van der Waals surface area contributed by atoms with Gasteiger partial charge in [0, 0.05) is 0 Å². The van der Waals surface area contributed by atoms with Crippen LogP contribution in [0.1, 0.15) is 17.5 Å². The van der Waals surface area contributed by atoms with Gasteiger partial charge < -0.3 is 0 Å². The van der Waals surface area contributed by atoms with Crippen molar-refractivity contribution >= 4 is 17.5 Å². The first kappa shape index (κ1) is 12.6. The van der Waals surface area contributed by atoms with Crippen LogP contribution in [-0.2, 0) is 9.59 Å². The zero-order valence-electron chi connectivity index (χ0n) is 12.8. The van der Waals surface area contributed by atoms with Crippen LogP contribution < -0.4 is 4.90 Å². The smallest absolute Gasteiger partial charge is 0.238 e. The lowest BCUT2D eigenvalue weighted by atomic mass is 9.63. The van der Waals surface area contributed by atoms with E-state index in [0.29, 0.717) is 23.7 Å². The Morgan fingerprint density at radius 2 is 1.50 bits per heavy atom. The minimum atomic E-state index is -0.104. The molecule has 2 saturated carbocycles. The molecule has 0 unspecified atom stereocenters. The van der Waals surface area contributed by atoms with Gasteiger partial charge in [-0.1, -0.05) is 18.2 Å². The van der Waals surface area contributed by atoms with E-state index >= 15 is 0 Å². The highest BCUT2D eigenvalue weighted by molar-refractivity contribution is 6.22. The second-order valence-electron chi connectivity index (χ2n) is 7.44. The fourth-order valence-electron chi connectivity index (χ4n) is 5.08. The molecule has 3 nitrogen and oxygen atoms in total. The molecular weight excluding hydrogens is 274 g/mol. The average molecular weight is 293 g/mol. The topological polar surface area (TPSA) is 37.4 Å². The van der Waals surface area contributed by atoms with Crippen LogP contribution in [0.4, 0.5) is 5.69 Å². The molecule has 1 aromatic carbocycles. The Labute approximate surface area is 130 Å². The molecule has 112 valence electrons. The summed E-state index contributed by atoms with van der Waals surface area (Å²) in [7, 11) is 0. The number of anilines is 1. The van der Waals surface area contributed by atoms with Crippen LogP contribution in [0.25, 0.3) is 0 Å². The molecule has 1 aliphatic heterocycles. The highest BCUT2D eigenvalue weighted by Crippen LogP contribution is 2.65. The number of nitrogens with zero attached hydrogens (tertiary/aromatic N) is 1. The maximum atomic E-state index is 13.0. The van der Waals surface area contributed by atoms with E-state index in [1.54, 1.807) is 0 Å². The summed E-state index contributed by atoms with van der Waals surface area (Å²) in [6.45, 7) is 4.07. The zero-order chi connectivity index (χ0) is 15.2. The minimum Gasteiger partial charge on any atom is -0.274 e. The van der Waals surface area contributed by atoms with Crippen molar-refractivity contribution < 1.29 is 9.59 Å². The van der Waals surface area contributed by atoms with Gasteiger partial charge in [0.15, 0.2) is 0 Å². The number of rotatable bonds is 1. The number of benzene rings is 1. The number of allylic oxidation sites excluding steroid dienone is 2. The van der Waals surface area contributed by atoms with Gasteiger partial charge in [0.2, 0.25) is 11.8 Å². The van der Waals surface area contributed by atoms with Crippen LogP contribution in [0.3, 0.4) is 0 Å². The molecule has 0 spiro atoms. The van der Waals surface area contributed by atoms with Gasteiger partial charge in [0.05, 0.1) is 17.5 Å². The van der Waals surface area contributed by atoms with E-state index < -0.39 is 0 Å². The van der Waals surface area contributed by atoms with E-state index in [9.17, 15) is 9.59 Å². The van der Waals surface area contributed by atoms with E-state index in [1.165, 1.54) is 16.9 Å². The van der Waals surface area contributed by atoms with Crippen LogP contribution >= 0.6 is 0 Å². The summed E-state index contributed by atoms with van der Waals surface area (Å²) in [5.74, 6) is 1.77.